The number of anilines is 1. The van der Waals surface area contributed by atoms with Gasteiger partial charge in [-0.25, -0.2) is 4.39 Å². The predicted octanol–water partition coefficient (Wildman–Crippen LogP) is 0.925. The van der Waals surface area contributed by atoms with Crippen molar-refractivity contribution in [3.05, 3.63) is 24.3 Å². The molecule has 0 fully saturated rings. The number of halogens is 2. The molecule has 3 N–H and O–H groups in total. The van der Waals surface area contributed by atoms with Crippen LogP contribution in [0, 0.1) is 5.82 Å². The van der Waals surface area contributed by atoms with E-state index in [0.717, 1.165) is 6.20 Å². The second-order valence-corrected chi connectivity index (χ2v) is 1.50. The molecule has 0 saturated heterocycles. The molecule has 0 amide bonds. The third kappa shape index (κ3) is 5.43. The zero-order chi connectivity index (χ0) is 8.69. The smallest absolute Gasteiger partial charge is 0.290 e. The number of nitrogens with two attached hydrogens (primary N) is 1. The number of hydrogen-bond acceptors (Lipinski definition) is 3. The van der Waals surface area contributed by atoms with Crippen molar-refractivity contribution in [3.63, 3.8) is 0 Å². The van der Waals surface area contributed by atoms with Crippen molar-refractivity contribution >= 4 is 24.6 Å². The molecule has 1 aromatic rings. The van der Waals surface area contributed by atoms with Crippen LogP contribution in [0.3, 0.4) is 0 Å². The van der Waals surface area contributed by atoms with Crippen molar-refractivity contribution in [1.82, 2.24) is 4.98 Å². The molecule has 1 heterocycles. The first kappa shape index (κ1) is 13.2. The molecule has 12 heavy (non-hydrogen) atoms. The third-order valence-corrected chi connectivity index (χ3v) is 0.804. The largest absolute Gasteiger partial charge is 0.483 e. The lowest BCUT2D eigenvalue weighted by atomic mass is 10.4. The van der Waals surface area contributed by atoms with Gasteiger partial charge in [0, 0.05) is 6.20 Å². The van der Waals surface area contributed by atoms with Gasteiger partial charge in [0.05, 0.1) is 11.9 Å². The zero-order valence-corrected chi connectivity index (χ0v) is 6.79. The van der Waals surface area contributed by atoms with Gasteiger partial charge in [-0.2, -0.15) is 0 Å². The van der Waals surface area contributed by atoms with Gasteiger partial charge >= 0.3 is 0 Å². The lowest BCUT2D eigenvalue weighted by Gasteiger charge is -1.89. The van der Waals surface area contributed by atoms with Gasteiger partial charge in [0.1, 0.15) is 0 Å². The quantitative estimate of drug-likeness (QED) is 0.603. The summed E-state index contributed by atoms with van der Waals surface area (Å²) < 4.78 is 12.1. The molecule has 68 valence electrons. The molecule has 1 aromatic heterocycles. The van der Waals surface area contributed by atoms with Crippen LogP contribution in [-0.4, -0.2) is 16.6 Å². The maximum absolute atomic E-state index is 12.1. The van der Waals surface area contributed by atoms with Crippen LogP contribution in [-0.2, 0) is 4.79 Å². The number of carboxylic acid groups (broad SMARTS) is 1. The van der Waals surface area contributed by atoms with Crippen LogP contribution >= 0.6 is 12.4 Å². The van der Waals surface area contributed by atoms with E-state index in [1.54, 1.807) is 0 Å². The summed E-state index contributed by atoms with van der Waals surface area (Å²) in [5.41, 5.74) is 5.24. The van der Waals surface area contributed by atoms with E-state index in [2.05, 4.69) is 4.98 Å². The first-order valence-electron chi connectivity index (χ1n) is 2.65. The fraction of sp³-hybridized carbons (Fsp3) is 0. The minimum Gasteiger partial charge on any atom is -0.483 e. The predicted molar refractivity (Wildman–Crippen MR) is 44.5 cm³/mol. The molecule has 0 aromatic carbocycles. The second-order valence-electron chi connectivity index (χ2n) is 1.50. The topological polar surface area (TPSA) is 76.2 Å². The van der Waals surface area contributed by atoms with Gasteiger partial charge in [-0.05, 0) is 6.07 Å². The van der Waals surface area contributed by atoms with Crippen molar-refractivity contribution in [2.45, 2.75) is 0 Å². The highest BCUT2D eigenvalue weighted by Gasteiger charge is 1.90. The van der Waals surface area contributed by atoms with Gasteiger partial charge in [0.2, 0.25) is 0 Å². The molecular weight excluding hydrogens is 187 g/mol. The maximum Gasteiger partial charge on any atom is 0.290 e. The number of carbonyl (C=O) groups is 1. The summed E-state index contributed by atoms with van der Waals surface area (Å²) in [6.45, 7) is -0.250. The molecule has 0 aliphatic heterocycles. The average molecular weight is 195 g/mol. The lowest BCUT2D eigenvalue weighted by Crippen LogP contribution is -1.88. The molecular formula is C6H8ClFN2O2. The molecule has 0 radical (unpaired) electrons. The van der Waals surface area contributed by atoms with Crippen LogP contribution in [0.2, 0.25) is 0 Å². The molecule has 0 atom stereocenters. The van der Waals surface area contributed by atoms with E-state index in [9.17, 15) is 4.39 Å². The average Bonchev–Trinajstić information content (AvgIpc) is 1.97. The van der Waals surface area contributed by atoms with Crippen LogP contribution in [0.4, 0.5) is 10.1 Å². The van der Waals surface area contributed by atoms with Crippen molar-refractivity contribution in [2.75, 3.05) is 5.73 Å². The minimum absolute atomic E-state index is 0. The van der Waals surface area contributed by atoms with Crippen molar-refractivity contribution < 1.29 is 14.3 Å². The Morgan fingerprint density at radius 2 is 2.17 bits per heavy atom. The van der Waals surface area contributed by atoms with Gasteiger partial charge < -0.3 is 10.8 Å². The summed E-state index contributed by atoms with van der Waals surface area (Å²) >= 11 is 0. The van der Waals surface area contributed by atoms with Crippen LogP contribution < -0.4 is 5.73 Å². The summed E-state index contributed by atoms with van der Waals surface area (Å²) in [6, 6.07) is 1.41. The van der Waals surface area contributed by atoms with Gasteiger partial charge in [-0.3, -0.25) is 9.78 Å². The van der Waals surface area contributed by atoms with Crippen LogP contribution in [0.25, 0.3) is 0 Å². The molecule has 6 heteroatoms. The Balaban J connectivity index is 0. The van der Waals surface area contributed by atoms with Crippen LogP contribution in [0.1, 0.15) is 0 Å². The minimum atomic E-state index is -0.465. The summed E-state index contributed by atoms with van der Waals surface area (Å²) in [4.78, 5) is 11.9. The van der Waals surface area contributed by atoms with E-state index >= 15 is 0 Å². The highest BCUT2D eigenvalue weighted by atomic mass is 35.5. The Kier molecular flexibility index (Phi) is 8.55. The Morgan fingerprint density at radius 3 is 2.42 bits per heavy atom. The SMILES string of the molecule is Cl.Nc1ccncc1F.O=CO. The van der Waals surface area contributed by atoms with E-state index < -0.39 is 5.82 Å². The maximum atomic E-state index is 12.1. The Hall–Kier alpha value is -1.36. The Labute approximate surface area is 74.6 Å². The summed E-state index contributed by atoms with van der Waals surface area (Å²) in [5.74, 6) is -0.465. The number of hydrogen-bond donors (Lipinski definition) is 2. The lowest BCUT2D eigenvalue weighted by molar-refractivity contribution is -0.122. The molecule has 0 aliphatic rings. The number of rotatable bonds is 0. The third-order valence-electron chi connectivity index (χ3n) is 0.804. The highest BCUT2D eigenvalue weighted by molar-refractivity contribution is 5.85. The second kappa shape index (κ2) is 7.74. The van der Waals surface area contributed by atoms with Crippen molar-refractivity contribution in [3.8, 4) is 0 Å². The molecule has 0 saturated carbocycles. The van der Waals surface area contributed by atoms with E-state index in [1.807, 2.05) is 0 Å². The molecule has 0 unspecified atom stereocenters. The summed E-state index contributed by atoms with van der Waals surface area (Å²) in [7, 11) is 0. The van der Waals surface area contributed by atoms with Crippen molar-refractivity contribution in [1.29, 1.82) is 0 Å². The molecule has 1 rings (SSSR count). The molecule has 4 nitrogen and oxygen atoms in total. The molecule has 0 bridgehead atoms. The number of pyridine rings is 1. The molecule has 0 aliphatic carbocycles. The number of nitrogens with zero attached hydrogens (tertiary/aromatic N) is 1. The number of nitrogen functional groups attached to an aromatic ring is 1. The first-order valence-corrected chi connectivity index (χ1v) is 2.65. The van der Waals surface area contributed by atoms with Crippen LogP contribution in [0.5, 0.6) is 0 Å². The first-order chi connectivity index (χ1) is 5.22. The van der Waals surface area contributed by atoms with E-state index in [1.165, 1.54) is 12.3 Å². The van der Waals surface area contributed by atoms with E-state index in [-0.39, 0.29) is 24.6 Å². The van der Waals surface area contributed by atoms with E-state index in [4.69, 9.17) is 15.6 Å². The van der Waals surface area contributed by atoms with Gasteiger partial charge in [-0.15, -0.1) is 12.4 Å². The Morgan fingerprint density at radius 1 is 1.67 bits per heavy atom. The number of aromatic nitrogens is 1. The molecule has 0 spiro atoms. The summed E-state index contributed by atoms with van der Waals surface area (Å²) in [5, 5.41) is 6.89. The zero-order valence-electron chi connectivity index (χ0n) is 5.98. The van der Waals surface area contributed by atoms with Gasteiger partial charge in [0.15, 0.2) is 5.82 Å². The summed E-state index contributed by atoms with van der Waals surface area (Å²) in [6.07, 6.45) is 2.52. The normalized spacial score (nSPS) is 7.08. The highest BCUT2D eigenvalue weighted by Crippen LogP contribution is 2.03. The standard InChI is InChI=1S/C5H5FN2.CH2O2.ClH/c6-4-3-8-2-1-5(4)7;2-1-3;/h1-3H,(H2,7,8);1H,(H,2,3);1H. The monoisotopic (exact) mass is 194 g/mol. The van der Waals surface area contributed by atoms with E-state index in [0.29, 0.717) is 0 Å². The van der Waals surface area contributed by atoms with Crippen LogP contribution in [0.15, 0.2) is 18.5 Å². The van der Waals surface area contributed by atoms with Gasteiger partial charge in [0.25, 0.3) is 6.47 Å². The van der Waals surface area contributed by atoms with Gasteiger partial charge in [-0.1, -0.05) is 0 Å². The fourth-order valence-electron chi connectivity index (χ4n) is 0.386. The van der Waals surface area contributed by atoms with Crippen molar-refractivity contribution in [2.24, 2.45) is 0 Å². The fourth-order valence-corrected chi connectivity index (χ4v) is 0.386. The Bertz CT molecular complexity index is 214.